The third kappa shape index (κ3) is 2.24. The van der Waals surface area contributed by atoms with Crippen LogP contribution >= 0.6 is 24.0 Å². The molecular weight excluding hydrogens is 260 g/mol. The molecule has 18 heavy (non-hydrogen) atoms. The summed E-state index contributed by atoms with van der Waals surface area (Å²) >= 11 is 7.58. The largest absolute Gasteiger partial charge is 0.331 e. The molecule has 0 aliphatic carbocycles. The Morgan fingerprint density at radius 1 is 1.44 bits per heavy atom. The molecule has 0 radical (unpaired) electrons. The highest BCUT2D eigenvalue weighted by Gasteiger charge is 2.16. The Bertz CT molecular complexity index is 606. The van der Waals surface area contributed by atoms with Gasteiger partial charge in [-0.1, -0.05) is 18.6 Å². The van der Waals surface area contributed by atoms with Gasteiger partial charge in [0.15, 0.2) is 4.77 Å². The molecule has 3 rings (SSSR count). The molecule has 4 heteroatoms. The topological polar surface area (TPSA) is 20.7 Å². The first-order valence-electron chi connectivity index (χ1n) is 6.55. The molecule has 0 spiro atoms. The number of nitrogens with one attached hydrogen (secondary N) is 1. The van der Waals surface area contributed by atoms with E-state index in [1.54, 1.807) is 0 Å². The van der Waals surface area contributed by atoms with E-state index in [4.69, 9.17) is 12.2 Å². The molecule has 1 saturated heterocycles. The Balaban J connectivity index is 2.00. The first-order valence-corrected chi connectivity index (χ1v) is 8.01. The molecule has 96 valence electrons. The number of imidazole rings is 1. The Morgan fingerprint density at radius 2 is 2.33 bits per heavy atom. The van der Waals surface area contributed by atoms with Crippen molar-refractivity contribution in [3.05, 3.63) is 28.5 Å². The SMILES string of the molecule is Cc1cccc2[nH]c(=S)n(CC3CCCCS3)c12. The minimum atomic E-state index is 0.726. The number of fused-ring (bicyclic) bond motifs is 1. The predicted molar refractivity (Wildman–Crippen MR) is 82.0 cm³/mol. The van der Waals surface area contributed by atoms with Crippen molar-refractivity contribution in [2.75, 3.05) is 5.75 Å². The average Bonchev–Trinajstić information content (AvgIpc) is 2.69. The van der Waals surface area contributed by atoms with Crippen molar-refractivity contribution in [2.24, 2.45) is 0 Å². The van der Waals surface area contributed by atoms with Gasteiger partial charge in [0.25, 0.3) is 0 Å². The summed E-state index contributed by atoms with van der Waals surface area (Å²) in [6.07, 6.45) is 4.07. The van der Waals surface area contributed by atoms with Gasteiger partial charge in [0, 0.05) is 11.8 Å². The molecule has 1 aromatic carbocycles. The molecule has 0 bridgehead atoms. The van der Waals surface area contributed by atoms with Crippen LogP contribution < -0.4 is 0 Å². The summed E-state index contributed by atoms with van der Waals surface area (Å²) in [7, 11) is 0. The highest BCUT2D eigenvalue weighted by atomic mass is 32.2. The summed E-state index contributed by atoms with van der Waals surface area (Å²) in [4.78, 5) is 3.33. The Labute approximate surface area is 117 Å². The predicted octanol–water partition coefficient (Wildman–Crippen LogP) is 4.29. The summed E-state index contributed by atoms with van der Waals surface area (Å²) in [5.41, 5.74) is 3.76. The lowest BCUT2D eigenvalue weighted by Crippen LogP contribution is -2.17. The van der Waals surface area contributed by atoms with E-state index in [9.17, 15) is 0 Å². The van der Waals surface area contributed by atoms with Crippen LogP contribution in [0.2, 0.25) is 0 Å². The second-order valence-corrected chi connectivity index (χ2v) is 6.80. The number of aromatic amines is 1. The molecule has 0 saturated carbocycles. The van der Waals surface area contributed by atoms with Gasteiger partial charge in [-0.25, -0.2) is 0 Å². The summed E-state index contributed by atoms with van der Waals surface area (Å²) in [5.74, 6) is 1.30. The molecule has 1 fully saturated rings. The van der Waals surface area contributed by atoms with Crippen LogP contribution in [0.15, 0.2) is 18.2 Å². The Morgan fingerprint density at radius 3 is 3.11 bits per heavy atom. The molecule has 1 atom stereocenters. The fraction of sp³-hybridized carbons (Fsp3) is 0.500. The lowest BCUT2D eigenvalue weighted by molar-refractivity contribution is 0.587. The quantitative estimate of drug-likeness (QED) is 0.827. The number of hydrogen-bond donors (Lipinski definition) is 1. The second-order valence-electron chi connectivity index (χ2n) is 5.00. The number of nitrogens with zero attached hydrogens (tertiary/aromatic N) is 1. The smallest absolute Gasteiger partial charge is 0.178 e. The average molecular weight is 278 g/mol. The summed E-state index contributed by atoms with van der Waals surface area (Å²) in [6, 6.07) is 6.36. The van der Waals surface area contributed by atoms with Gasteiger partial charge in [-0.2, -0.15) is 11.8 Å². The number of hydrogen-bond acceptors (Lipinski definition) is 2. The number of aromatic nitrogens is 2. The van der Waals surface area contributed by atoms with E-state index < -0.39 is 0 Å². The van der Waals surface area contributed by atoms with Crippen LogP contribution in [-0.4, -0.2) is 20.6 Å². The number of thioether (sulfide) groups is 1. The normalized spacial score (nSPS) is 20.4. The Hall–Kier alpha value is -0.740. The molecule has 0 amide bonds. The highest BCUT2D eigenvalue weighted by molar-refractivity contribution is 7.99. The van der Waals surface area contributed by atoms with Crippen molar-refractivity contribution < 1.29 is 0 Å². The van der Waals surface area contributed by atoms with E-state index in [1.807, 2.05) is 0 Å². The van der Waals surface area contributed by atoms with E-state index in [1.165, 1.54) is 41.6 Å². The van der Waals surface area contributed by atoms with Gasteiger partial charge in [0.1, 0.15) is 0 Å². The van der Waals surface area contributed by atoms with Gasteiger partial charge < -0.3 is 9.55 Å². The van der Waals surface area contributed by atoms with Gasteiger partial charge in [0.05, 0.1) is 11.0 Å². The summed E-state index contributed by atoms with van der Waals surface area (Å²) < 4.78 is 3.16. The molecule has 2 heterocycles. The molecule has 1 aliphatic rings. The number of benzene rings is 1. The molecule has 1 aliphatic heterocycles. The van der Waals surface area contributed by atoms with E-state index in [2.05, 4.69) is 46.4 Å². The van der Waals surface area contributed by atoms with Crippen molar-refractivity contribution in [1.82, 2.24) is 9.55 Å². The van der Waals surface area contributed by atoms with Crippen LogP contribution in [0, 0.1) is 11.7 Å². The van der Waals surface area contributed by atoms with Crippen molar-refractivity contribution in [2.45, 2.75) is 38.0 Å². The fourth-order valence-electron chi connectivity index (χ4n) is 2.73. The third-order valence-corrected chi connectivity index (χ3v) is 5.36. The van der Waals surface area contributed by atoms with Crippen LogP contribution in [0.5, 0.6) is 0 Å². The van der Waals surface area contributed by atoms with Crippen LogP contribution in [0.4, 0.5) is 0 Å². The van der Waals surface area contributed by atoms with Crippen molar-refractivity contribution >= 4 is 35.0 Å². The van der Waals surface area contributed by atoms with Crippen LogP contribution in [0.1, 0.15) is 24.8 Å². The maximum atomic E-state index is 5.48. The van der Waals surface area contributed by atoms with Gasteiger partial charge in [-0.05, 0) is 49.4 Å². The lowest BCUT2D eigenvalue weighted by Gasteiger charge is -2.22. The number of H-pyrrole nitrogens is 1. The summed E-state index contributed by atoms with van der Waals surface area (Å²) in [6.45, 7) is 3.21. The number of aryl methyl sites for hydroxylation is 1. The molecule has 1 unspecified atom stereocenters. The summed E-state index contributed by atoms with van der Waals surface area (Å²) in [5, 5.41) is 0.726. The monoisotopic (exact) mass is 278 g/mol. The minimum absolute atomic E-state index is 0.726. The molecule has 1 aromatic heterocycles. The zero-order chi connectivity index (χ0) is 12.5. The van der Waals surface area contributed by atoms with Gasteiger partial charge >= 0.3 is 0 Å². The molecule has 2 aromatic rings. The molecule has 2 nitrogen and oxygen atoms in total. The van der Waals surface area contributed by atoms with Gasteiger partial charge in [-0.15, -0.1) is 0 Å². The Kier molecular flexibility index (Phi) is 3.48. The van der Waals surface area contributed by atoms with Crippen molar-refractivity contribution in [3.63, 3.8) is 0 Å². The van der Waals surface area contributed by atoms with E-state index in [0.29, 0.717) is 0 Å². The van der Waals surface area contributed by atoms with Crippen LogP contribution in [0.3, 0.4) is 0 Å². The van der Waals surface area contributed by atoms with E-state index in [-0.39, 0.29) is 0 Å². The zero-order valence-corrected chi connectivity index (χ0v) is 12.2. The number of rotatable bonds is 2. The third-order valence-electron chi connectivity index (χ3n) is 3.65. The fourth-order valence-corrected chi connectivity index (χ4v) is 4.30. The maximum Gasteiger partial charge on any atom is 0.178 e. The van der Waals surface area contributed by atoms with Crippen LogP contribution in [0.25, 0.3) is 11.0 Å². The maximum absolute atomic E-state index is 5.48. The van der Waals surface area contributed by atoms with Crippen molar-refractivity contribution in [3.8, 4) is 0 Å². The molecular formula is C14H18N2S2. The van der Waals surface area contributed by atoms with E-state index >= 15 is 0 Å². The van der Waals surface area contributed by atoms with E-state index in [0.717, 1.165) is 16.6 Å². The highest BCUT2D eigenvalue weighted by Crippen LogP contribution is 2.28. The lowest BCUT2D eigenvalue weighted by atomic mass is 10.1. The zero-order valence-electron chi connectivity index (χ0n) is 10.6. The van der Waals surface area contributed by atoms with Crippen LogP contribution in [-0.2, 0) is 6.54 Å². The van der Waals surface area contributed by atoms with Gasteiger partial charge in [0.2, 0.25) is 0 Å². The second kappa shape index (κ2) is 5.10. The molecule has 1 N–H and O–H groups in total. The standard InChI is InChI=1S/C14H18N2S2/c1-10-5-4-7-12-13(10)16(14(17)15-12)9-11-6-2-3-8-18-11/h4-5,7,11H,2-3,6,8-9H2,1H3,(H,15,17). The van der Waals surface area contributed by atoms with Crippen molar-refractivity contribution in [1.29, 1.82) is 0 Å². The first-order chi connectivity index (χ1) is 8.75. The number of para-hydroxylation sites is 1. The minimum Gasteiger partial charge on any atom is -0.331 e. The van der Waals surface area contributed by atoms with Gasteiger partial charge in [-0.3, -0.25) is 0 Å². The first kappa shape index (κ1) is 12.3.